The van der Waals surface area contributed by atoms with E-state index < -0.39 is 15.6 Å². The zero-order valence-corrected chi connectivity index (χ0v) is 23.0. The zero-order chi connectivity index (χ0) is 26.9. The number of unbranched alkanes of at least 4 members (excludes halogenated alkanes) is 1. The van der Waals surface area contributed by atoms with Gasteiger partial charge < -0.3 is 4.52 Å². The van der Waals surface area contributed by atoms with Gasteiger partial charge in [0.15, 0.2) is 5.82 Å². The van der Waals surface area contributed by atoms with Crippen LogP contribution in [0.1, 0.15) is 68.8 Å². The first-order valence-corrected chi connectivity index (χ1v) is 14.8. The van der Waals surface area contributed by atoms with Crippen LogP contribution in [0.25, 0.3) is 11.1 Å². The minimum atomic E-state index is -4.10. The van der Waals surface area contributed by atoms with Gasteiger partial charge in [-0.2, -0.15) is 0 Å². The van der Waals surface area contributed by atoms with Gasteiger partial charge in [-0.3, -0.25) is 19.4 Å². The van der Waals surface area contributed by atoms with E-state index in [4.69, 9.17) is 9.52 Å². The van der Waals surface area contributed by atoms with Gasteiger partial charge in [0, 0.05) is 17.5 Å². The fourth-order valence-corrected chi connectivity index (χ4v) is 6.93. The van der Waals surface area contributed by atoms with Crippen molar-refractivity contribution in [1.29, 1.82) is 0 Å². The summed E-state index contributed by atoms with van der Waals surface area (Å²) < 4.78 is 35.9. The number of anilines is 1. The molecule has 8 nitrogen and oxygen atoms in total. The van der Waals surface area contributed by atoms with Crippen molar-refractivity contribution < 1.29 is 17.7 Å². The molecule has 1 aliphatic carbocycles. The fraction of sp³-hybridized carbons (Fsp3) is 0.414. The molecule has 1 amide bonds. The summed E-state index contributed by atoms with van der Waals surface area (Å²) in [5.41, 5.74) is 1.79. The second-order valence-corrected chi connectivity index (χ2v) is 11.9. The van der Waals surface area contributed by atoms with E-state index >= 15 is 0 Å². The molecule has 2 aromatic carbocycles. The minimum Gasteiger partial charge on any atom is -0.359 e. The maximum atomic E-state index is 14.0. The van der Waals surface area contributed by atoms with Crippen molar-refractivity contribution in [2.45, 2.75) is 82.7 Å². The number of amidine groups is 1. The number of benzene rings is 2. The number of sulfonamides is 1. The van der Waals surface area contributed by atoms with Gasteiger partial charge in [-0.15, -0.1) is 0 Å². The molecule has 1 aliphatic heterocycles. The number of nitrogens with one attached hydrogen (secondary N) is 1. The SMILES string of the molecule is CCCCC1=NC2(CCCC2)C(=O)N1Cc1cccc(-c2ccccc2)c1S(=O)(=O)Nc1noc(C)c1C. The number of hydrogen-bond acceptors (Lipinski definition) is 6. The van der Waals surface area contributed by atoms with Crippen LogP contribution in [0.5, 0.6) is 0 Å². The lowest BCUT2D eigenvalue weighted by Crippen LogP contribution is -2.41. The molecule has 1 N–H and O–H groups in total. The summed E-state index contributed by atoms with van der Waals surface area (Å²) in [5.74, 6) is 1.46. The molecular weight excluding hydrogens is 500 g/mol. The van der Waals surface area contributed by atoms with E-state index in [9.17, 15) is 13.2 Å². The third-order valence-corrected chi connectivity index (χ3v) is 9.13. The molecule has 5 rings (SSSR count). The third-order valence-electron chi connectivity index (χ3n) is 7.65. The number of amides is 1. The maximum absolute atomic E-state index is 14.0. The number of carbonyl (C=O) groups is 1. The summed E-state index contributed by atoms with van der Waals surface area (Å²) in [5, 5.41) is 3.92. The van der Waals surface area contributed by atoms with Gasteiger partial charge in [0.05, 0.1) is 6.54 Å². The van der Waals surface area contributed by atoms with Crippen LogP contribution in [0.15, 0.2) is 62.9 Å². The Morgan fingerprint density at radius 3 is 2.45 bits per heavy atom. The Morgan fingerprint density at radius 1 is 1.05 bits per heavy atom. The molecule has 200 valence electrons. The second kappa shape index (κ2) is 10.4. The molecule has 9 heteroatoms. The van der Waals surface area contributed by atoms with Crippen LogP contribution in [0.3, 0.4) is 0 Å². The summed E-state index contributed by atoms with van der Waals surface area (Å²) in [4.78, 5) is 20.6. The molecule has 0 saturated heterocycles. The zero-order valence-electron chi connectivity index (χ0n) is 22.2. The van der Waals surface area contributed by atoms with Crippen LogP contribution < -0.4 is 4.72 Å². The van der Waals surface area contributed by atoms with Crippen molar-refractivity contribution in [1.82, 2.24) is 10.1 Å². The Morgan fingerprint density at radius 2 is 1.79 bits per heavy atom. The van der Waals surface area contributed by atoms with E-state index in [0.29, 0.717) is 28.9 Å². The highest BCUT2D eigenvalue weighted by atomic mass is 32.2. The highest BCUT2D eigenvalue weighted by Gasteiger charge is 2.49. The van der Waals surface area contributed by atoms with Crippen molar-refractivity contribution in [3.8, 4) is 11.1 Å². The first kappa shape index (κ1) is 26.2. The molecule has 38 heavy (non-hydrogen) atoms. The maximum Gasteiger partial charge on any atom is 0.264 e. The van der Waals surface area contributed by atoms with Gasteiger partial charge >= 0.3 is 0 Å². The number of aliphatic imine (C=N–C) groups is 1. The molecule has 1 spiro atoms. The number of hydrogen-bond donors (Lipinski definition) is 1. The quantitative estimate of drug-likeness (QED) is 0.362. The summed E-state index contributed by atoms with van der Waals surface area (Å²) in [7, 11) is -4.10. The Balaban J connectivity index is 1.60. The van der Waals surface area contributed by atoms with E-state index in [1.165, 1.54) is 0 Å². The van der Waals surface area contributed by atoms with Crippen molar-refractivity contribution >= 4 is 27.6 Å². The monoisotopic (exact) mass is 534 g/mol. The summed E-state index contributed by atoms with van der Waals surface area (Å²) in [6.07, 6.45) is 6.05. The van der Waals surface area contributed by atoms with E-state index in [0.717, 1.165) is 49.9 Å². The van der Waals surface area contributed by atoms with Gasteiger partial charge in [0.2, 0.25) is 0 Å². The van der Waals surface area contributed by atoms with Crippen LogP contribution in [0.4, 0.5) is 5.82 Å². The predicted molar refractivity (Wildman–Crippen MR) is 147 cm³/mol. The Kier molecular flexibility index (Phi) is 7.13. The molecule has 1 aromatic heterocycles. The number of aromatic nitrogens is 1. The van der Waals surface area contributed by atoms with E-state index in [1.807, 2.05) is 36.4 Å². The van der Waals surface area contributed by atoms with Crippen molar-refractivity contribution in [3.63, 3.8) is 0 Å². The molecule has 0 radical (unpaired) electrons. The summed E-state index contributed by atoms with van der Waals surface area (Å²) in [6, 6.07) is 14.8. The molecule has 1 fully saturated rings. The largest absolute Gasteiger partial charge is 0.359 e. The molecule has 1 saturated carbocycles. The van der Waals surface area contributed by atoms with E-state index in [2.05, 4.69) is 16.8 Å². The Hall–Kier alpha value is -3.46. The molecule has 0 bridgehead atoms. The first-order chi connectivity index (χ1) is 18.3. The molecule has 3 aromatic rings. The average Bonchev–Trinajstić information content (AvgIpc) is 3.59. The second-order valence-electron chi connectivity index (χ2n) is 10.2. The molecular formula is C29H34N4O4S. The topological polar surface area (TPSA) is 105 Å². The van der Waals surface area contributed by atoms with Gasteiger partial charge in [-0.25, -0.2) is 8.42 Å². The van der Waals surface area contributed by atoms with Crippen LogP contribution in [0, 0.1) is 13.8 Å². The Bertz CT molecular complexity index is 1470. The number of carbonyl (C=O) groups excluding carboxylic acids is 1. The number of aryl methyl sites for hydroxylation is 1. The van der Waals surface area contributed by atoms with Crippen molar-refractivity contribution in [3.05, 3.63) is 65.4 Å². The van der Waals surface area contributed by atoms with Gasteiger partial charge in [0.1, 0.15) is 22.0 Å². The fourth-order valence-electron chi connectivity index (χ4n) is 5.43. The lowest BCUT2D eigenvalue weighted by Gasteiger charge is -2.24. The minimum absolute atomic E-state index is 0.00880. The van der Waals surface area contributed by atoms with Crippen LogP contribution >= 0.6 is 0 Å². The lowest BCUT2D eigenvalue weighted by atomic mass is 9.97. The number of rotatable bonds is 9. The lowest BCUT2D eigenvalue weighted by molar-refractivity contribution is -0.131. The van der Waals surface area contributed by atoms with Crippen molar-refractivity contribution in [2.24, 2.45) is 4.99 Å². The van der Waals surface area contributed by atoms with Gasteiger partial charge in [0.25, 0.3) is 15.9 Å². The van der Waals surface area contributed by atoms with Crippen LogP contribution in [-0.4, -0.2) is 35.8 Å². The molecule has 2 aliphatic rings. The van der Waals surface area contributed by atoms with Crippen LogP contribution in [0.2, 0.25) is 0 Å². The highest BCUT2D eigenvalue weighted by Crippen LogP contribution is 2.41. The third kappa shape index (κ3) is 4.75. The number of nitrogens with zero attached hydrogens (tertiary/aromatic N) is 3. The first-order valence-electron chi connectivity index (χ1n) is 13.3. The van der Waals surface area contributed by atoms with Crippen LogP contribution in [-0.2, 0) is 21.4 Å². The predicted octanol–water partition coefficient (Wildman–Crippen LogP) is 6.00. The van der Waals surface area contributed by atoms with Gasteiger partial charge in [-0.05, 0) is 44.2 Å². The summed E-state index contributed by atoms with van der Waals surface area (Å²) in [6.45, 7) is 5.74. The molecule has 0 unspecified atom stereocenters. The Labute approximate surface area is 224 Å². The van der Waals surface area contributed by atoms with E-state index in [-0.39, 0.29) is 23.2 Å². The molecule has 0 atom stereocenters. The van der Waals surface area contributed by atoms with E-state index in [1.54, 1.807) is 30.9 Å². The molecule has 2 heterocycles. The normalized spacial score (nSPS) is 16.9. The smallest absolute Gasteiger partial charge is 0.264 e. The highest BCUT2D eigenvalue weighted by molar-refractivity contribution is 7.93. The standard InChI is InChI=1S/C29H34N4O4S/c1-4-5-16-25-30-29(17-9-10-18-29)28(34)33(25)19-23-14-11-15-24(22-12-7-6-8-13-22)26(23)38(35,36)32-27-20(2)21(3)37-31-27/h6-8,11-15H,4-5,9-10,16-19H2,1-3H3,(H,31,32). The van der Waals surface area contributed by atoms with Gasteiger partial charge in [-0.1, -0.05) is 79.9 Å². The van der Waals surface area contributed by atoms with Crippen molar-refractivity contribution in [2.75, 3.05) is 4.72 Å². The summed E-state index contributed by atoms with van der Waals surface area (Å²) >= 11 is 0. The average molecular weight is 535 g/mol.